The fourth-order valence-electron chi connectivity index (χ4n) is 3.95. The van der Waals surface area contributed by atoms with Gasteiger partial charge in [-0.1, -0.05) is 23.2 Å². The van der Waals surface area contributed by atoms with Gasteiger partial charge in [0.2, 0.25) is 12.5 Å². The number of fused-ring (bicyclic) bond motifs is 1. The van der Waals surface area contributed by atoms with Crippen molar-refractivity contribution in [1.29, 1.82) is 0 Å². The fourth-order valence-corrected chi connectivity index (χ4v) is 7.62. The molecule has 3 amide bonds. The first-order valence-corrected chi connectivity index (χ1v) is 15.7. The summed E-state index contributed by atoms with van der Waals surface area (Å²) >= 11 is 16.1. The van der Waals surface area contributed by atoms with E-state index in [9.17, 15) is 34.2 Å². The number of carbonyl (C=O) groups excluding carboxylic acids is 4. The predicted octanol–water partition coefficient (Wildman–Crippen LogP) is 0.770. The molecule has 11 nitrogen and oxygen atoms in total. The molecule has 3 N–H and O–H groups in total. The number of β-lactam (4-membered cyclic amide) rings is 1. The lowest BCUT2D eigenvalue weighted by molar-refractivity contribution is -0.684. The molecule has 16 heteroatoms. The number of hydrogen-bond acceptors (Lipinski definition) is 9. The number of carbonyl (C=O) groups is 5. The zero-order chi connectivity index (χ0) is 29.7. The molecular weight excluding hydrogens is 635 g/mol. The van der Waals surface area contributed by atoms with Crippen LogP contribution >= 0.6 is 58.5 Å². The molecule has 0 saturated carbocycles. The number of halogens is 2. The van der Waals surface area contributed by atoms with E-state index in [2.05, 4.69) is 10.6 Å². The summed E-state index contributed by atoms with van der Waals surface area (Å²) in [4.78, 5) is 62.5. The van der Waals surface area contributed by atoms with Crippen molar-refractivity contribution in [2.24, 2.45) is 0 Å². The zero-order valence-electron chi connectivity index (χ0n) is 21.0. The van der Waals surface area contributed by atoms with Gasteiger partial charge in [-0.05, 0) is 23.8 Å². The van der Waals surface area contributed by atoms with Gasteiger partial charge in [-0.3, -0.25) is 19.3 Å². The third-order valence-electron chi connectivity index (χ3n) is 5.85. The summed E-state index contributed by atoms with van der Waals surface area (Å²) in [6.07, 6.45) is 3.29. The van der Waals surface area contributed by atoms with Crippen LogP contribution in [0.25, 0.3) is 0 Å². The van der Waals surface area contributed by atoms with Gasteiger partial charge < -0.3 is 25.6 Å². The molecule has 1 aromatic carbocycles. The molecule has 0 bridgehead atoms. The zero-order valence-corrected chi connectivity index (χ0v) is 25.0. The van der Waals surface area contributed by atoms with Gasteiger partial charge >= 0.3 is 5.97 Å². The van der Waals surface area contributed by atoms with Gasteiger partial charge in [0.05, 0.1) is 23.3 Å². The highest BCUT2D eigenvalue weighted by Gasteiger charge is 2.54. The number of carboxylic acids is 2. The number of carboxylic acid groups (broad SMARTS) is 2. The van der Waals surface area contributed by atoms with Crippen molar-refractivity contribution >= 4 is 88.1 Å². The van der Waals surface area contributed by atoms with Crippen LogP contribution in [0.4, 0.5) is 0 Å². The summed E-state index contributed by atoms with van der Waals surface area (Å²) in [5.74, 6) is -3.27. The highest BCUT2D eigenvalue weighted by atomic mass is 35.5. The quantitative estimate of drug-likeness (QED) is 0.169. The Bertz CT molecular complexity index is 1420. The van der Waals surface area contributed by atoms with Gasteiger partial charge in [0.1, 0.15) is 17.1 Å². The Labute approximate surface area is 257 Å². The highest BCUT2D eigenvalue weighted by molar-refractivity contribution is 8.01. The van der Waals surface area contributed by atoms with Gasteiger partial charge in [0.15, 0.2) is 12.4 Å². The van der Waals surface area contributed by atoms with E-state index in [4.69, 9.17) is 23.2 Å². The molecule has 1 saturated heterocycles. The second-order valence-electron chi connectivity index (χ2n) is 8.72. The molecule has 0 radical (unpaired) electrons. The monoisotopic (exact) mass is 656 g/mol. The average Bonchev–Trinajstić information content (AvgIpc) is 2.94. The molecule has 2 atom stereocenters. The number of pyridine rings is 1. The Morgan fingerprint density at radius 2 is 1.85 bits per heavy atom. The van der Waals surface area contributed by atoms with Crippen LogP contribution in [0, 0.1) is 0 Å². The van der Waals surface area contributed by atoms with Crippen LogP contribution in [0.15, 0.2) is 63.8 Å². The number of nitrogens with zero attached hydrogens (tertiary/aromatic N) is 2. The van der Waals surface area contributed by atoms with Crippen molar-refractivity contribution < 1.29 is 38.8 Å². The van der Waals surface area contributed by atoms with Crippen LogP contribution in [0.2, 0.25) is 10.0 Å². The Balaban J connectivity index is 1.32. The molecule has 1 fully saturated rings. The van der Waals surface area contributed by atoms with E-state index in [1.807, 2.05) is 0 Å². The number of aromatic nitrogens is 1. The first kappa shape index (κ1) is 31.0. The molecule has 0 spiro atoms. The van der Waals surface area contributed by atoms with Gasteiger partial charge in [-0.2, -0.15) is 4.57 Å². The molecule has 0 aliphatic carbocycles. The fraction of sp³-hybridized carbons (Fsp3) is 0.280. The number of thioether (sulfide) groups is 3. The van der Waals surface area contributed by atoms with Crippen molar-refractivity contribution in [2.75, 3.05) is 23.8 Å². The third-order valence-corrected chi connectivity index (χ3v) is 10.0. The summed E-state index contributed by atoms with van der Waals surface area (Å²) in [5, 5.41) is 25.7. The second kappa shape index (κ2) is 13.8. The summed E-state index contributed by atoms with van der Waals surface area (Å²) in [6, 6.07) is 7.57. The lowest BCUT2D eigenvalue weighted by Crippen LogP contribution is -2.70. The van der Waals surface area contributed by atoms with E-state index in [0.29, 0.717) is 32.0 Å². The van der Waals surface area contributed by atoms with Crippen molar-refractivity contribution in [3.8, 4) is 0 Å². The third kappa shape index (κ3) is 7.89. The molecule has 1 aromatic heterocycles. The average molecular weight is 658 g/mol. The standard InChI is InChI=1S/C25H22Cl2N4O7S3/c26-14-1-2-16(27)17(7-14)40-12-19(33)29-21-23(36)31-22(25(37)38)13(11-41-24(21)31)10-39-15-3-5-30(6-4-15)9-18(32)28-8-20(34)35/h1-7,21,24H,8-12H2,(H3-,28,29,32,33,34,35,37,38)/t21-,24-/m1/s1. The van der Waals surface area contributed by atoms with Crippen LogP contribution in [-0.2, 0) is 30.5 Å². The van der Waals surface area contributed by atoms with Crippen molar-refractivity contribution in [2.45, 2.75) is 27.8 Å². The van der Waals surface area contributed by atoms with E-state index in [-0.39, 0.29) is 23.9 Å². The maximum atomic E-state index is 12.9. The topological polar surface area (TPSA) is 160 Å². The molecular formula is C25H22Cl2N4O7S3. The maximum absolute atomic E-state index is 12.9. The van der Waals surface area contributed by atoms with Crippen molar-refractivity contribution in [3.05, 3.63) is 64.0 Å². The molecule has 4 rings (SSSR count). The summed E-state index contributed by atoms with van der Waals surface area (Å²) in [6.45, 7) is -0.648. The number of amides is 3. The smallest absolute Gasteiger partial charge is 0.352 e. The molecule has 3 heterocycles. The minimum Gasteiger partial charge on any atom is -0.548 e. The lowest BCUT2D eigenvalue weighted by Gasteiger charge is -2.49. The van der Waals surface area contributed by atoms with Gasteiger partial charge in [-0.25, -0.2) is 4.79 Å². The van der Waals surface area contributed by atoms with Crippen LogP contribution in [0.3, 0.4) is 0 Å². The van der Waals surface area contributed by atoms with E-state index in [1.54, 1.807) is 47.3 Å². The van der Waals surface area contributed by atoms with E-state index >= 15 is 0 Å². The minimum atomic E-state index is -1.38. The number of benzene rings is 1. The summed E-state index contributed by atoms with van der Waals surface area (Å²) in [5.41, 5.74) is 0.499. The van der Waals surface area contributed by atoms with Crippen molar-refractivity contribution in [3.63, 3.8) is 0 Å². The van der Waals surface area contributed by atoms with Crippen LogP contribution in [-0.4, -0.2) is 74.9 Å². The lowest BCUT2D eigenvalue weighted by atomic mass is 10.0. The van der Waals surface area contributed by atoms with E-state index in [1.165, 1.54) is 40.2 Å². The van der Waals surface area contributed by atoms with Crippen LogP contribution in [0.5, 0.6) is 0 Å². The Kier molecular flexibility index (Phi) is 10.5. The first-order valence-electron chi connectivity index (χ1n) is 11.9. The molecule has 2 aliphatic heterocycles. The van der Waals surface area contributed by atoms with Gasteiger partial charge in [-0.15, -0.1) is 35.3 Å². The normalized spacial score (nSPS) is 17.9. The maximum Gasteiger partial charge on any atom is 0.352 e. The Hall–Kier alpha value is -2.91. The SMILES string of the molecule is O=C([O-])CNC(=O)C[n+]1ccc(SCC2=C(C(=O)O)N3C(=O)[C@@H](NC(=O)CSc4cc(Cl)ccc4Cl)[C@H]3SC2)cc1. The predicted molar refractivity (Wildman–Crippen MR) is 152 cm³/mol. The molecule has 2 aromatic rings. The summed E-state index contributed by atoms with van der Waals surface area (Å²) in [7, 11) is 0. The number of hydrogen-bond donors (Lipinski definition) is 3. The first-order chi connectivity index (χ1) is 19.5. The van der Waals surface area contributed by atoms with E-state index in [0.717, 1.165) is 4.90 Å². The van der Waals surface area contributed by atoms with Gasteiger partial charge in [0.25, 0.3) is 11.8 Å². The number of nitrogens with one attached hydrogen (secondary N) is 2. The molecule has 216 valence electrons. The number of aliphatic carboxylic acids is 2. The van der Waals surface area contributed by atoms with Gasteiger partial charge in [0, 0.05) is 38.5 Å². The van der Waals surface area contributed by atoms with Crippen LogP contribution < -0.4 is 20.3 Å². The van der Waals surface area contributed by atoms with E-state index < -0.39 is 41.7 Å². The molecule has 2 aliphatic rings. The highest BCUT2D eigenvalue weighted by Crippen LogP contribution is 2.41. The second-order valence-corrected chi connectivity index (χ2v) is 12.7. The summed E-state index contributed by atoms with van der Waals surface area (Å²) < 4.78 is 1.56. The Morgan fingerprint density at radius 3 is 2.54 bits per heavy atom. The molecule has 0 unspecified atom stereocenters. The minimum absolute atomic E-state index is 0.00626. The molecule has 41 heavy (non-hydrogen) atoms. The number of rotatable bonds is 12. The van der Waals surface area contributed by atoms with Crippen molar-refractivity contribution in [1.82, 2.24) is 15.5 Å². The largest absolute Gasteiger partial charge is 0.548 e. The van der Waals surface area contributed by atoms with Crippen LogP contribution in [0.1, 0.15) is 0 Å². The Morgan fingerprint density at radius 1 is 1.12 bits per heavy atom.